The van der Waals surface area contributed by atoms with Crippen molar-refractivity contribution >= 4 is 16.6 Å². The van der Waals surface area contributed by atoms with Gasteiger partial charge in [-0.1, -0.05) is 12.1 Å². The maximum atomic E-state index is 5.89. The van der Waals surface area contributed by atoms with Gasteiger partial charge in [0.25, 0.3) is 0 Å². The van der Waals surface area contributed by atoms with Crippen molar-refractivity contribution in [3.63, 3.8) is 0 Å². The van der Waals surface area contributed by atoms with Crippen LogP contribution in [0.3, 0.4) is 0 Å². The predicted octanol–water partition coefficient (Wildman–Crippen LogP) is 2.56. The van der Waals surface area contributed by atoms with Crippen LogP contribution in [0.15, 0.2) is 24.3 Å². The number of benzene rings is 1. The first-order chi connectivity index (χ1) is 12.2. The van der Waals surface area contributed by atoms with E-state index in [0.717, 1.165) is 40.4 Å². The van der Waals surface area contributed by atoms with Crippen LogP contribution in [0, 0.1) is 13.8 Å². The van der Waals surface area contributed by atoms with Gasteiger partial charge in [0, 0.05) is 23.3 Å². The van der Waals surface area contributed by atoms with Crippen molar-refractivity contribution in [1.29, 1.82) is 0 Å². The average molecular weight is 339 g/mol. The zero-order valence-corrected chi connectivity index (χ0v) is 14.6. The van der Waals surface area contributed by atoms with Crippen molar-refractivity contribution in [3.05, 3.63) is 41.6 Å². The van der Waals surface area contributed by atoms with Crippen molar-refractivity contribution in [3.8, 4) is 5.75 Å². The van der Waals surface area contributed by atoms with Gasteiger partial charge in [-0.05, 0) is 26.0 Å². The molecule has 1 saturated heterocycles. The number of pyridine rings is 1. The molecule has 7 heteroatoms. The second-order valence-electron chi connectivity index (χ2n) is 6.22. The molecule has 1 fully saturated rings. The number of para-hydroxylation sites is 1. The molecular weight excluding hydrogens is 318 g/mol. The average Bonchev–Trinajstić information content (AvgIpc) is 3.07. The van der Waals surface area contributed by atoms with Crippen molar-refractivity contribution < 1.29 is 9.47 Å². The summed E-state index contributed by atoms with van der Waals surface area (Å²) in [7, 11) is 1.68. The number of hydrogen-bond acceptors (Lipinski definition) is 6. The minimum Gasteiger partial charge on any atom is -0.494 e. The molecular formula is C18H21N5O2. The molecule has 3 heterocycles. The summed E-state index contributed by atoms with van der Waals surface area (Å²) in [5.41, 5.74) is 2.99. The summed E-state index contributed by atoms with van der Waals surface area (Å²) in [4.78, 5) is 11.4. The van der Waals surface area contributed by atoms with Gasteiger partial charge >= 0.3 is 0 Å². The SMILES string of the molecule is COc1cccc2c(N3CCOC(c4n[nH]c(C)n4)C3)cc(C)nc12. The molecule has 1 aliphatic heterocycles. The lowest BCUT2D eigenvalue weighted by Crippen LogP contribution is -2.39. The Morgan fingerprint density at radius 2 is 2.16 bits per heavy atom. The largest absolute Gasteiger partial charge is 0.494 e. The number of aryl methyl sites for hydroxylation is 2. The first kappa shape index (κ1) is 15.8. The molecule has 3 aromatic rings. The van der Waals surface area contributed by atoms with Crippen molar-refractivity contribution in [2.75, 3.05) is 31.7 Å². The molecule has 25 heavy (non-hydrogen) atoms. The standard InChI is InChI=1S/C18H21N5O2/c1-11-9-14(13-5-4-6-15(24-3)17(13)19-11)23-7-8-25-16(10-23)18-20-12(2)21-22-18/h4-6,9,16H,7-8,10H2,1-3H3,(H,20,21,22). The van der Waals surface area contributed by atoms with E-state index in [-0.39, 0.29) is 6.10 Å². The molecule has 1 N–H and O–H groups in total. The van der Waals surface area contributed by atoms with Crippen molar-refractivity contribution in [1.82, 2.24) is 20.2 Å². The number of aromatic nitrogens is 4. The first-order valence-corrected chi connectivity index (χ1v) is 8.35. The highest BCUT2D eigenvalue weighted by atomic mass is 16.5. The number of aromatic amines is 1. The number of nitrogens with one attached hydrogen (secondary N) is 1. The number of anilines is 1. The number of hydrogen-bond donors (Lipinski definition) is 1. The molecule has 0 amide bonds. The molecule has 1 atom stereocenters. The summed E-state index contributed by atoms with van der Waals surface area (Å²) in [6, 6.07) is 8.14. The lowest BCUT2D eigenvalue weighted by molar-refractivity contribution is 0.0343. The number of fused-ring (bicyclic) bond motifs is 1. The van der Waals surface area contributed by atoms with Gasteiger partial charge < -0.3 is 14.4 Å². The van der Waals surface area contributed by atoms with E-state index in [0.29, 0.717) is 19.0 Å². The van der Waals surface area contributed by atoms with Crippen molar-refractivity contribution in [2.24, 2.45) is 0 Å². The third-order valence-corrected chi connectivity index (χ3v) is 4.44. The predicted molar refractivity (Wildman–Crippen MR) is 95.1 cm³/mol. The second-order valence-corrected chi connectivity index (χ2v) is 6.22. The van der Waals surface area contributed by atoms with E-state index in [4.69, 9.17) is 9.47 Å². The smallest absolute Gasteiger partial charge is 0.181 e. The van der Waals surface area contributed by atoms with Crippen molar-refractivity contribution in [2.45, 2.75) is 20.0 Å². The minimum atomic E-state index is -0.146. The topological polar surface area (TPSA) is 76.2 Å². The molecule has 0 radical (unpaired) electrons. The van der Waals surface area contributed by atoms with E-state index in [1.54, 1.807) is 7.11 Å². The molecule has 130 valence electrons. The Bertz CT molecular complexity index is 908. The van der Waals surface area contributed by atoms with Crippen LogP contribution in [0.4, 0.5) is 5.69 Å². The molecule has 0 aliphatic carbocycles. The quantitative estimate of drug-likeness (QED) is 0.790. The number of rotatable bonds is 3. The van der Waals surface area contributed by atoms with Gasteiger partial charge in [0.1, 0.15) is 23.2 Å². The van der Waals surface area contributed by atoms with Gasteiger partial charge in [0.15, 0.2) is 5.82 Å². The van der Waals surface area contributed by atoms with Gasteiger partial charge in [-0.25, -0.2) is 9.97 Å². The summed E-state index contributed by atoms with van der Waals surface area (Å²) < 4.78 is 11.4. The summed E-state index contributed by atoms with van der Waals surface area (Å²) >= 11 is 0. The Morgan fingerprint density at radius 1 is 1.28 bits per heavy atom. The molecule has 4 rings (SSSR count). The lowest BCUT2D eigenvalue weighted by Gasteiger charge is -2.34. The molecule has 1 unspecified atom stereocenters. The third-order valence-electron chi connectivity index (χ3n) is 4.44. The normalized spacial score (nSPS) is 17.9. The maximum absolute atomic E-state index is 5.89. The minimum absolute atomic E-state index is 0.146. The van der Waals surface area contributed by atoms with E-state index >= 15 is 0 Å². The zero-order chi connectivity index (χ0) is 17.4. The Kier molecular flexibility index (Phi) is 4.01. The summed E-state index contributed by atoms with van der Waals surface area (Å²) in [5.74, 6) is 2.29. The Balaban J connectivity index is 1.73. The van der Waals surface area contributed by atoms with Crippen LogP contribution in [-0.2, 0) is 4.74 Å². The fourth-order valence-corrected chi connectivity index (χ4v) is 3.28. The Morgan fingerprint density at radius 3 is 2.92 bits per heavy atom. The van der Waals surface area contributed by atoms with Gasteiger partial charge in [-0.2, -0.15) is 5.10 Å². The fourth-order valence-electron chi connectivity index (χ4n) is 3.28. The summed E-state index contributed by atoms with van der Waals surface area (Å²) in [5, 5.41) is 8.22. The van der Waals surface area contributed by atoms with Crippen LogP contribution < -0.4 is 9.64 Å². The Hall–Kier alpha value is -2.67. The highest BCUT2D eigenvalue weighted by molar-refractivity contribution is 5.95. The van der Waals surface area contributed by atoms with Crippen LogP contribution in [0.2, 0.25) is 0 Å². The monoisotopic (exact) mass is 339 g/mol. The molecule has 0 spiro atoms. The van der Waals surface area contributed by atoms with Gasteiger partial charge in [-0.15, -0.1) is 0 Å². The van der Waals surface area contributed by atoms with E-state index in [9.17, 15) is 0 Å². The van der Waals surface area contributed by atoms with Crippen LogP contribution in [0.1, 0.15) is 23.4 Å². The fraction of sp³-hybridized carbons (Fsp3) is 0.389. The number of nitrogens with zero attached hydrogens (tertiary/aromatic N) is 4. The summed E-state index contributed by atoms with van der Waals surface area (Å²) in [6.07, 6.45) is -0.146. The van der Waals surface area contributed by atoms with E-state index in [1.165, 1.54) is 0 Å². The highest BCUT2D eigenvalue weighted by Gasteiger charge is 2.26. The van der Waals surface area contributed by atoms with Gasteiger partial charge in [0.2, 0.25) is 0 Å². The molecule has 0 bridgehead atoms. The van der Waals surface area contributed by atoms with Crippen LogP contribution in [-0.4, -0.2) is 47.0 Å². The van der Waals surface area contributed by atoms with E-state index < -0.39 is 0 Å². The zero-order valence-electron chi connectivity index (χ0n) is 14.6. The van der Waals surface area contributed by atoms with Gasteiger partial charge in [0.05, 0.1) is 20.3 Å². The molecule has 1 aliphatic rings. The van der Waals surface area contributed by atoms with E-state index in [2.05, 4.69) is 37.2 Å². The Labute approximate surface area is 146 Å². The maximum Gasteiger partial charge on any atom is 0.181 e. The second kappa shape index (κ2) is 6.33. The number of morpholine rings is 1. The van der Waals surface area contributed by atoms with Crippen LogP contribution >= 0.6 is 0 Å². The van der Waals surface area contributed by atoms with Gasteiger partial charge in [-0.3, -0.25) is 5.10 Å². The summed E-state index contributed by atoms with van der Waals surface area (Å²) in [6.45, 7) is 6.04. The van der Waals surface area contributed by atoms with Crippen LogP contribution in [0.25, 0.3) is 10.9 Å². The lowest BCUT2D eigenvalue weighted by atomic mass is 10.1. The highest BCUT2D eigenvalue weighted by Crippen LogP contribution is 2.34. The number of H-pyrrole nitrogens is 1. The molecule has 1 aromatic carbocycles. The van der Waals surface area contributed by atoms with E-state index in [1.807, 2.05) is 26.0 Å². The molecule has 2 aromatic heterocycles. The first-order valence-electron chi connectivity index (χ1n) is 8.35. The number of ether oxygens (including phenoxy) is 2. The molecule has 7 nitrogen and oxygen atoms in total. The molecule has 0 saturated carbocycles. The van der Waals surface area contributed by atoms with Crippen LogP contribution in [0.5, 0.6) is 5.75 Å². The third kappa shape index (κ3) is 2.91. The number of methoxy groups -OCH3 is 1.